The number of hydrogen-bond acceptors (Lipinski definition) is 5. The fourth-order valence-corrected chi connectivity index (χ4v) is 3.78. The van der Waals surface area contributed by atoms with Crippen LogP contribution in [0, 0.1) is 0 Å². The number of carbonyl (C=O) groups excluding carboxylic acids is 1. The molecule has 0 aliphatic rings. The lowest BCUT2D eigenvalue weighted by atomic mass is 10.0. The van der Waals surface area contributed by atoms with Crippen molar-refractivity contribution in [3.8, 4) is 11.4 Å². The Morgan fingerprint density at radius 3 is 1.95 bits per heavy atom. The van der Waals surface area contributed by atoms with Crippen LogP contribution in [0.15, 0.2) is 42.7 Å². The molecular weight excluding hydrogens is 573 g/mol. The van der Waals surface area contributed by atoms with Gasteiger partial charge in [0.1, 0.15) is 6.33 Å². The number of hydrogen-bond donors (Lipinski definition) is 2. The summed E-state index contributed by atoms with van der Waals surface area (Å²) in [6.07, 6.45) is -13.3. The first kappa shape index (κ1) is 29.5. The maximum atomic E-state index is 13.6. The van der Waals surface area contributed by atoms with Gasteiger partial charge in [-0.05, 0) is 35.9 Å². The van der Waals surface area contributed by atoms with Crippen LogP contribution in [0.3, 0.4) is 0 Å². The zero-order chi connectivity index (χ0) is 29.6. The maximum Gasteiger partial charge on any atom is 0.418 e. The van der Waals surface area contributed by atoms with Crippen molar-refractivity contribution < 1.29 is 52.7 Å². The maximum absolute atomic E-state index is 13.6. The number of nitrogens with one attached hydrogen (secondary N) is 1. The molecule has 1 aromatic heterocycles. The van der Waals surface area contributed by atoms with E-state index in [0.29, 0.717) is 35.2 Å². The molecule has 0 saturated heterocycles. The standard InChI is InChI=1S/C21H14F9N5O3S/c1-39(37,38)34-16-3-2-10(6-15(16)21(28,29)30)14(17(31)36)8-35-9-32-18(33-35)11-4-12(19(22,23)24)7-13(5-11)20(25,26)27/h2-9,34H,1H3,(H2,31,36)/b14-8+. The van der Waals surface area contributed by atoms with E-state index in [-0.39, 0.29) is 6.07 Å². The van der Waals surface area contributed by atoms with Gasteiger partial charge in [0.25, 0.3) is 5.91 Å². The molecule has 18 heteroatoms. The van der Waals surface area contributed by atoms with Gasteiger partial charge in [-0.15, -0.1) is 5.10 Å². The minimum Gasteiger partial charge on any atom is -0.366 e. The molecule has 8 nitrogen and oxygen atoms in total. The number of benzene rings is 2. The average Bonchev–Trinajstić information content (AvgIpc) is 3.23. The minimum absolute atomic E-state index is 0.105. The van der Waals surface area contributed by atoms with Gasteiger partial charge >= 0.3 is 18.5 Å². The van der Waals surface area contributed by atoms with E-state index in [2.05, 4.69) is 10.1 Å². The van der Waals surface area contributed by atoms with Gasteiger partial charge in [-0.25, -0.2) is 18.1 Å². The Hall–Kier alpha value is -4.09. The van der Waals surface area contributed by atoms with Gasteiger partial charge in [0.2, 0.25) is 10.0 Å². The Labute approximate surface area is 213 Å². The van der Waals surface area contributed by atoms with Crippen LogP contribution in [0.5, 0.6) is 0 Å². The smallest absolute Gasteiger partial charge is 0.366 e. The van der Waals surface area contributed by atoms with E-state index in [9.17, 15) is 52.7 Å². The summed E-state index contributed by atoms with van der Waals surface area (Å²) in [4.78, 5) is 15.6. The van der Waals surface area contributed by atoms with Gasteiger partial charge in [-0.2, -0.15) is 39.5 Å². The highest BCUT2D eigenvalue weighted by atomic mass is 32.2. The number of carbonyl (C=O) groups is 1. The topological polar surface area (TPSA) is 120 Å². The average molecular weight is 587 g/mol. The third-order valence-electron chi connectivity index (χ3n) is 4.81. The third kappa shape index (κ3) is 7.27. The summed E-state index contributed by atoms with van der Waals surface area (Å²) in [6, 6.07) is 2.65. The number of alkyl halides is 9. The van der Waals surface area contributed by atoms with Crippen molar-refractivity contribution in [1.29, 1.82) is 0 Å². The molecule has 3 aromatic rings. The first-order valence-electron chi connectivity index (χ1n) is 10.1. The van der Waals surface area contributed by atoms with Crippen LogP contribution in [0.25, 0.3) is 23.2 Å². The van der Waals surface area contributed by atoms with Crippen LogP contribution < -0.4 is 10.5 Å². The van der Waals surface area contributed by atoms with E-state index in [1.807, 2.05) is 0 Å². The molecule has 2 aromatic carbocycles. The molecule has 0 fully saturated rings. The summed E-state index contributed by atoms with van der Waals surface area (Å²) in [6.45, 7) is 0. The van der Waals surface area contributed by atoms with E-state index in [1.54, 1.807) is 4.72 Å². The fraction of sp³-hybridized carbons (Fsp3) is 0.190. The van der Waals surface area contributed by atoms with Crippen molar-refractivity contribution in [3.05, 3.63) is 65.0 Å². The Morgan fingerprint density at radius 1 is 0.923 bits per heavy atom. The van der Waals surface area contributed by atoms with Crippen LogP contribution in [-0.4, -0.2) is 35.3 Å². The number of sulfonamides is 1. The zero-order valence-corrected chi connectivity index (χ0v) is 19.9. The van der Waals surface area contributed by atoms with Gasteiger partial charge in [0.15, 0.2) is 5.82 Å². The summed E-state index contributed by atoms with van der Waals surface area (Å²) in [5, 5.41) is 3.68. The van der Waals surface area contributed by atoms with Crippen LogP contribution in [0.1, 0.15) is 22.3 Å². The molecule has 0 atom stereocenters. The van der Waals surface area contributed by atoms with E-state index in [4.69, 9.17) is 5.73 Å². The second-order valence-electron chi connectivity index (χ2n) is 7.88. The van der Waals surface area contributed by atoms with Gasteiger partial charge in [0.05, 0.1) is 34.2 Å². The lowest BCUT2D eigenvalue weighted by molar-refractivity contribution is -0.143. The number of primary amides is 1. The largest absolute Gasteiger partial charge is 0.418 e. The van der Waals surface area contributed by atoms with E-state index in [1.165, 1.54) is 0 Å². The van der Waals surface area contributed by atoms with Crippen molar-refractivity contribution in [1.82, 2.24) is 14.8 Å². The Kier molecular flexibility index (Phi) is 7.48. The van der Waals surface area contributed by atoms with Crippen molar-refractivity contribution >= 4 is 33.4 Å². The molecule has 0 saturated carbocycles. The number of amides is 1. The van der Waals surface area contributed by atoms with Gasteiger partial charge < -0.3 is 5.73 Å². The molecule has 0 bridgehead atoms. The van der Waals surface area contributed by atoms with Crippen molar-refractivity contribution in [3.63, 3.8) is 0 Å². The number of rotatable bonds is 6. The molecule has 0 aliphatic carbocycles. The number of nitrogens with two attached hydrogens (primary N) is 1. The van der Waals surface area contributed by atoms with Crippen LogP contribution in [0.2, 0.25) is 0 Å². The molecule has 0 radical (unpaired) electrons. The molecule has 1 amide bonds. The summed E-state index contributed by atoms with van der Waals surface area (Å²) in [7, 11) is -4.13. The summed E-state index contributed by atoms with van der Waals surface area (Å²) >= 11 is 0. The summed E-state index contributed by atoms with van der Waals surface area (Å²) < 4.78 is 145. The van der Waals surface area contributed by atoms with Crippen LogP contribution >= 0.6 is 0 Å². The first-order valence-corrected chi connectivity index (χ1v) is 12.0. The number of anilines is 1. The Balaban J connectivity index is 2.11. The molecule has 3 rings (SSSR count). The lowest BCUT2D eigenvalue weighted by Crippen LogP contribution is -2.17. The Morgan fingerprint density at radius 2 is 1.49 bits per heavy atom. The molecule has 0 spiro atoms. The molecule has 1 heterocycles. The van der Waals surface area contributed by atoms with Crippen molar-refractivity contribution in [2.45, 2.75) is 18.5 Å². The van der Waals surface area contributed by atoms with Crippen LogP contribution in [-0.2, 0) is 33.3 Å². The number of halogens is 9. The first-order chi connectivity index (χ1) is 17.6. The zero-order valence-electron chi connectivity index (χ0n) is 19.1. The minimum atomic E-state index is -5.15. The highest BCUT2D eigenvalue weighted by molar-refractivity contribution is 7.92. The van der Waals surface area contributed by atoms with Crippen LogP contribution in [0.4, 0.5) is 45.2 Å². The third-order valence-corrected chi connectivity index (χ3v) is 5.40. The molecule has 210 valence electrons. The van der Waals surface area contributed by atoms with Crippen molar-refractivity contribution in [2.75, 3.05) is 11.0 Å². The number of nitrogens with zero attached hydrogens (tertiary/aromatic N) is 3. The lowest BCUT2D eigenvalue weighted by Gasteiger charge is -2.15. The molecule has 0 unspecified atom stereocenters. The molecular formula is C21H14F9N5O3S. The molecule has 3 N–H and O–H groups in total. The molecule has 39 heavy (non-hydrogen) atoms. The predicted molar refractivity (Wildman–Crippen MR) is 119 cm³/mol. The summed E-state index contributed by atoms with van der Waals surface area (Å²) in [5.74, 6) is -1.95. The van der Waals surface area contributed by atoms with E-state index >= 15 is 0 Å². The Bertz CT molecular complexity index is 1520. The van der Waals surface area contributed by atoms with Gasteiger partial charge in [-0.3, -0.25) is 9.52 Å². The highest BCUT2D eigenvalue weighted by Crippen LogP contribution is 2.39. The quantitative estimate of drug-likeness (QED) is 0.316. The van der Waals surface area contributed by atoms with E-state index < -0.39 is 79.4 Å². The SMILES string of the molecule is CS(=O)(=O)Nc1ccc(/C(=C\n2cnc(-c3cc(C(F)(F)F)cc(C(F)(F)F)c3)n2)C(N)=O)cc1C(F)(F)F. The number of aromatic nitrogens is 3. The predicted octanol–water partition coefficient (Wildman–Crippen LogP) is 4.86. The highest BCUT2D eigenvalue weighted by Gasteiger charge is 2.38. The fourth-order valence-electron chi connectivity index (χ4n) is 3.20. The monoisotopic (exact) mass is 587 g/mol. The van der Waals surface area contributed by atoms with Gasteiger partial charge in [-0.1, -0.05) is 6.07 Å². The second kappa shape index (κ2) is 9.90. The molecule has 0 aliphatic heterocycles. The second-order valence-corrected chi connectivity index (χ2v) is 9.63. The van der Waals surface area contributed by atoms with Gasteiger partial charge in [0, 0.05) is 11.8 Å². The van der Waals surface area contributed by atoms with Crippen molar-refractivity contribution in [2.24, 2.45) is 5.73 Å². The summed E-state index contributed by atoms with van der Waals surface area (Å²) in [5.41, 5.74) is -2.16. The van der Waals surface area contributed by atoms with E-state index in [0.717, 1.165) is 18.6 Å². The normalized spacial score (nSPS) is 13.4.